The van der Waals surface area contributed by atoms with E-state index in [1.807, 2.05) is 46.4 Å². The minimum atomic E-state index is 0.122. The summed E-state index contributed by atoms with van der Waals surface area (Å²) in [5, 5.41) is 3.12. The summed E-state index contributed by atoms with van der Waals surface area (Å²) in [6, 6.07) is 0. The van der Waals surface area contributed by atoms with E-state index in [-0.39, 0.29) is 16.9 Å². The van der Waals surface area contributed by atoms with Gasteiger partial charge < -0.3 is 15.0 Å². The SMILES string of the molecule is CC.CC.CCNCC(=O)N1CCN(C(C)(C)CC(C)(C)COCC)CC1. The molecular weight excluding hydrogens is 338 g/mol. The first-order valence-electron chi connectivity index (χ1n) is 11.0. The van der Waals surface area contributed by atoms with Gasteiger partial charge in [-0.05, 0) is 39.2 Å². The van der Waals surface area contributed by atoms with Crippen LogP contribution in [0, 0.1) is 5.41 Å². The Labute approximate surface area is 170 Å². The van der Waals surface area contributed by atoms with E-state index in [4.69, 9.17) is 4.74 Å². The lowest BCUT2D eigenvalue weighted by molar-refractivity contribution is -0.133. The van der Waals surface area contributed by atoms with Crippen molar-refractivity contribution in [2.75, 3.05) is 52.5 Å². The molecule has 0 spiro atoms. The van der Waals surface area contributed by atoms with E-state index >= 15 is 0 Å². The van der Waals surface area contributed by atoms with Gasteiger partial charge in [-0.1, -0.05) is 48.5 Å². The second-order valence-electron chi connectivity index (χ2n) is 7.94. The molecule has 0 unspecified atom stereocenters. The summed E-state index contributed by atoms with van der Waals surface area (Å²) in [7, 11) is 0. The molecular formula is C22H49N3O2. The number of likely N-dealkylation sites (N-methyl/N-ethyl adjacent to an activating group) is 1. The van der Waals surface area contributed by atoms with E-state index in [0.717, 1.165) is 52.4 Å². The van der Waals surface area contributed by atoms with Crippen molar-refractivity contribution in [3.05, 3.63) is 0 Å². The van der Waals surface area contributed by atoms with Gasteiger partial charge in [0.1, 0.15) is 0 Å². The molecule has 1 fully saturated rings. The summed E-state index contributed by atoms with van der Waals surface area (Å²) >= 11 is 0. The Kier molecular flexibility index (Phi) is 16.2. The van der Waals surface area contributed by atoms with Crippen molar-refractivity contribution in [1.29, 1.82) is 0 Å². The third-order valence-corrected chi connectivity index (χ3v) is 4.62. The molecule has 0 saturated carbocycles. The van der Waals surface area contributed by atoms with Crippen LogP contribution in [0.1, 0.15) is 75.7 Å². The normalized spacial score (nSPS) is 15.4. The third-order valence-electron chi connectivity index (χ3n) is 4.62. The fraction of sp³-hybridized carbons (Fsp3) is 0.955. The van der Waals surface area contributed by atoms with Gasteiger partial charge in [0.15, 0.2) is 0 Å². The van der Waals surface area contributed by atoms with Crippen LogP contribution >= 0.6 is 0 Å². The van der Waals surface area contributed by atoms with Crippen LogP contribution in [-0.2, 0) is 9.53 Å². The molecule has 1 amide bonds. The van der Waals surface area contributed by atoms with Crippen molar-refractivity contribution >= 4 is 5.91 Å². The average Bonchev–Trinajstić information content (AvgIpc) is 2.67. The van der Waals surface area contributed by atoms with Crippen LogP contribution in [-0.4, -0.2) is 73.7 Å². The summed E-state index contributed by atoms with van der Waals surface area (Å²) in [5.41, 5.74) is 0.287. The summed E-state index contributed by atoms with van der Waals surface area (Å²) in [4.78, 5) is 16.6. The van der Waals surface area contributed by atoms with E-state index in [1.54, 1.807) is 0 Å². The number of nitrogens with one attached hydrogen (secondary N) is 1. The average molecular weight is 388 g/mol. The Bertz CT molecular complexity index is 363. The number of ether oxygens (including phenoxy) is 1. The molecule has 1 heterocycles. The summed E-state index contributed by atoms with van der Waals surface area (Å²) < 4.78 is 5.64. The molecule has 5 heteroatoms. The Hall–Kier alpha value is -0.650. The molecule has 0 aromatic carbocycles. The monoisotopic (exact) mass is 387 g/mol. The number of nitrogens with zero attached hydrogens (tertiary/aromatic N) is 2. The van der Waals surface area contributed by atoms with Crippen molar-refractivity contribution in [2.24, 2.45) is 5.41 Å². The third kappa shape index (κ3) is 11.7. The molecule has 1 rings (SSSR count). The van der Waals surface area contributed by atoms with Crippen LogP contribution < -0.4 is 5.32 Å². The predicted octanol–water partition coefficient (Wildman–Crippen LogP) is 4.02. The topological polar surface area (TPSA) is 44.8 Å². The second kappa shape index (κ2) is 15.3. The summed E-state index contributed by atoms with van der Waals surface area (Å²) in [6.45, 7) is 27.7. The smallest absolute Gasteiger partial charge is 0.236 e. The quantitative estimate of drug-likeness (QED) is 0.649. The maximum Gasteiger partial charge on any atom is 0.236 e. The standard InChI is InChI=1S/C18H37N3O2.2C2H6/c1-7-19-13-16(22)20-9-11-21(12-10-20)18(5,6)14-17(3,4)15-23-8-2;2*1-2/h19H,7-15H2,1-6H3;2*1-2H3. The largest absolute Gasteiger partial charge is 0.381 e. The number of carbonyl (C=O) groups excluding carboxylic acids is 1. The van der Waals surface area contributed by atoms with Gasteiger partial charge in [-0.15, -0.1) is 0 Å². The highest BCUT2D eigenvalue weighted by molar-refractivity contribution is 5.78. The van der Waals surface area contributed by atoms with Crippen molar-refractivity contribution in [3.63, 3.8) is 0 Å². The maximum atomic E-state index is 12.1. The highest BCUT2D eigenvalue weighted by Gasteiger charge is 2.35. The zero-order chi connectivity index (χ0) is 21.5. The van der Waals surface area contributed by atoms with Crippen LogP contribution in [0.15, 0.2) is 0 Å². The molecule has 0 aliphatic carbocycles. The van der Waals surface area contributed by atoms with Crippen molar-refractivity contribution in [1.82, 2.24) is 15.1 Å². The molecule has 0 bridgehead atoms. The van der Waals surface area contributed by atoms with Crippen LogP contribution in [0.5, 0.6) is 0 Å². The molecule has 0 atom stereocenters. The lowest BCUT2D eigenvalue weighted by Crippen LogP contribution is -2.57. The van der Waals surface area contributed by atoms with Gasteiger partial charge in [-0.25, -0.2) is 0 Å². The number of hydrogen-bond donors (Lipinski definition) is 1. The lowest BCUT2D eigenvalue weighted by atomic mass is 9.79. The van der Waals surface area contributed by atoms with Gasteiger partial charge in [0.25, 0.3) is 0 Å². The van der Waals surface area contributed by atoms with Gasteiger partial charge in [-0.2, -0.15) is 0 Å². The van der Waals surface area contributed by atoms with Gasteiger partial charge in [0, 0.05) is 38.3 Å². The first-order chi connectivity index (χ1) is 12.7. The fourth-order valence-corrected chi connectivity index (χ4v) is 3.62. The Morgan fingerprint density at radius 2 is 1.48 bits per heavy atom. The highest BCUT2D eigenvalue weighted by atomic mass is 16.5. The zero-order valence-corrected chi connectivity index (χ0v) is 20.1. The van der Waals surface area contributed by atoms with E-state index < -0.39 is 0 Å². The van der Waals surface area contributed by atoms with Gasteiger partial charge in [0.05, 0.1) is 13.2 Å². The minimum absolute atomic E-state index is 0.122. The Morgan fingerprint density at radius 3 is 1.93 bits per heavy atom. The molecule has 0 aromatic heterocycles. The number of rotatable bonds is 9. The van der Waals surface area contributed by atoms with Crippen molar-refractivity contribution in [2.45, 2.75) is 81.2 Å². The van der Waals surface area contributed by atoms with E-state index in [1.165, 1.54) is 0 Å². The zero-order valence-electron chi connectivity index (χ0n) is 20.1. The highest BCUT2D eigenvalue weighted by Crippen LogP contribution is 2.32. The maximum absolute atomic E-state index is 12.1. The second-order valence-corrected chi connectivity index (χ2v) is 7.94. The molecule has 0 aromatic rings. The van der Waals surface area contributed by atoms with E-state index in [2.05, 4.69) is 37.9 Å². The number of piperazine rings is 1. The van der Waals surface area contributed by atoms with Gasteiger partial charge >= 0.3 is 0 Å². The van der Waals surface area contributed by atoms with Gasteiger partial charge in [0.2, 0.25) is 5.91 Å². The van der Waals surface area contributed by atoms with Crippen LogP contribution in [0.2, 0.25) is 0 Å². The molecule has 1 aliphatic heterocycles. The molecule has 1 aliphatic rings. The first-order valence-corrected chi connectivity index (χ1v) is 11.0. The minimum Gasteiger partial charge on any atom is -0.381 e. The lowest BCUT2D eigenvalue weighted by Gasteiger charge is -2.47. The van der Waals surface area contributed by atoms with Crippen molar-refractivity contribution < 1.29 is 9.53 Å². The Balaban J connectivity index is 0. The Morgan fingerprint density at radius 1 is 0.963 bits per heavy atom. The number of hydrogen-bond acceptors (Lipinski definition) is 4. The predicted molar refractivity (Wildman–Crippen MR) is 118 cm³/mol. The number of carbonyl (C=O) groups is 1. The molecule has 0 radical (unpaired) electrons. The summed E-state index contributed by atoms with van der Waals surface area (Å²) in [5.74, 6) is 0.223. The van der Waals surface area contributed by atoms with Gasteiger partial charge in [-0.3, -0.25) is 9.69 Å². The first kappa shape index (κ1) is 28.6. The van der Waals surface area contributed by atoms with E-state index in [0.29, 0.717) is 6.54 Å². The van der Waals surface area contributed by atoms with E-state index in [9.17, 15) is 4.79 Å². The molecule has 1 N–H and O–H groups in total. The molecule has 27 heavy (non-hydrogen) atoms. The fourth-order valence-electron chi connectivity index (χ4n) is 3.62. The van der Waals surface area contributed by atoms with Crippen LogP contribution in [0.4, 0.5) is 0 Å². The molecule has 164 valence electrons. The van der Waals surface area contributed by atoms with Crippen molar-refractivity contribution in [3.8, 4) is 0 Å². The van der Waals surface area contributed by atoms with Crippen LogP contribution in [0.25, 0.3) is 0 Å². The van der Waals surface area contributed by atoms with Crippen LogP contribution in [0.3, 0.4) is 0 Å². The number of amides is 1. The molecule has 1 saturated heterocycles. The summed E-state index contributed by atoms with van der Waals surface area (Å²) in [6.07, 6.45) is 1.09. The molecule has 5 nitrogen and oxygen atoms in total.